The van der Waals surface area contributed by atoms with Crippen molar-refractivity contribution >= 4 is 34.5 Å². The van der Waals surface area contributed by atoms with Gasteiger partial charge in [-0.1, -0.05) is 35.3 Å². The quantitative estimate of drug-likeness (QED) is 0.837. The van der Waals surface area contributed by atoms with Gasteiger partial charge in [-0.15, -0.1) is 11.3 Å². The molecule has 1 nitrogen and oxygen atoms in total. The zero-order valence-electron chi connectivity index (χ0n) is 9.80. The van der Waals surface area contributed by atoms with E-state index in [4.69, 9.17) is 23.2 Å². The molecular weight excluding hydrogens is 294 g/mol. The van der Waals surface area contributed by atoms with E-state index in [0.29, 0.717) is 30.9 Å². The van der Waals surface area contributed by atoms with Crippen molar-refractivity contribution < 1.29 is 9.50 Å². The first-order valence-corrected chi connectivity index (χ1v) is 6.87. The zero-order valence-corrected chi connectivity index (χ0v) is 12.1. The predicted octanol–water partition coefficient (Wildman–Crippen LogP) is 4.89. The van der Waals surface area contributed by atoms with Gasteiger partial charge in [0.05, 0.1) is 4.34 Å². The molecule has 1 aromatic heterocycles. The van der Waals surface area contributed by atoms with Gasteiger partial charge in [0.1, 0.15) is 16.3 Å². The Hall–Kier alpha value is -0.610. The van der Waals surface area contributed by atoms with Gasteiger partial charge in [0.25, 0.3) is 0 Å². The van der Waals surface area contributed by atoms with E-state index in [-0.39, 0.29) is 5.82 Å². The topological polar surface area (TPSA) is 20.2 Å². The Labute approximate surface area is 119 Å². The van der Waals surface area contributed by atoms with Crippen LogP contribution in [0.2, 0.25) is 8.67 Å². The van der Waals surface area contributed by atoms with E-state index in [1.54, 1.807) is 32.0 Å². The lowest BCUT2D eigenvalue weighted by molar-refractivity contribution is 0.220. The number of benzene rings is 1. The Kier molecular flexibility index (Phi) is 3.97. The molecule has 0 spiro atoms. The minimum atomic E-state index is -0.890. The fraction of sp³-hybridized carbons (Fsp3) is 0.231. The van der Waals surface area contributed by atoms with E-state index < -0.39 is 6.10 Å². The summed E-state index contributed by atoms with van der Waals surface area (Å²) in [6.07, 6.45) is -0.890. The number of aliphatic hydroxyl groups is 1. The highest BCUT2D eigenvalue weighted by Gasteiger charge is 2.18. The van der Waals surface area contributed by atoms with Crippen molar-refractivity contribution in [1.29, 1.82) is 0 Å². The third-order valence-corrected chi connectivity index (χ3v) is 4.27. The molecule has 1 aromatic carbocycles. The third-order valence-electron chi connectivity index (χ3n) is 2.75. The van der Waals surface area contributed by atoms with E-state index in [2.05, 4.69) is 0 Å². The van der Waals surface area contributed by atoms with Crippen molar-refractivity contribution in [3.8, 4) is 0 Å². The summed E-state index contributed by atoms with van der Waals surface area (Å²) in [6.45, 7) is 3.33. The largest absolute Gasteiger partial charge is 0.384 e. The van der Waals surface area contributed by atoms with Crippen LogP contribution in [0.25, 0.3) is 0 Å². The van der Waals surface area contributed by atoms with Gasteiger partial charge < -0.3 is 5.11 Å². The summed E-state index contributed by atoms with van der Waals surface area (Å²) in [5.41, 5.74) is 2.17. The molecule has 5 heteroatoms. The van der Waals surface area contributed by atoms with E-state index >= 15 is 0 Å². The number of hydrogen-bond donors (Lipinski definition) is 1. The van der Waals surface area contributed by atoms with E-state index in [9.17, 15) is 9.50 Å². The Balaban J connectivity index is 2.46. The number of halogens is 3. The summed E-state index contributed by atoms with van der Waals surface area (Å²) in [4.78, 5) is 0. The highest BCUT2D eigenvalue weighted by atomic mass is 35.5. The van der Waals surface area contributed by atoms with E-state index in [1.165, 1.54) is 11.3 Å². The maximum atomic E-state index is 13.5. The molecule has 0 aliphatic rings. The third kappa shape index (κ3) is 2.54. The van der Waals surface area contributed by atoms with E-state index in [0.717, 1.165) is 0 Å². The van der Waals surface area contributed by atoms with Crippen LogP contribution in [-0.4, -0.2) is 5.11 Å². The molecule has 0 aliphatic heterocycles. The van der Waals surface area contributed by atoms with Crippen LogP contribution in [0.3, 0.4) is 0 Å². The lowest BCUT2D eigenvalue weighted by Crippen LogP contribution is -2.01. The first kappa shape index (κ1) is 13.8. The monoisotopic (exact) mass is 304 g/mol. The summed E-state index contributed by atoms with van der Waals surface area (Å²) in [5.74, 6) is -0.250. The van der Waals surface area contributed by atoms with Crippen molar-refractivity contribution in [2.45, 2.75) is 20.0 Å². The fourth-order valence-corrected chi connectivity index (χ4v) is 3.38. The SMILES string of the molecule is Cc1cc(C(O)c2cc(Cl)sc2Cl)cc(C)c1F. The summed E-state index contributed by atoms with van der Waals surface area (Å²) in [7, 11) is 0. The Bertz CT molecular complexity index is 572. The molecule has 0 amide bonds. The second kappa shape index (κ2) is 5.17. The number of aryl methyl sites for hydroxylation is 2. The minimum absolute atomic E-state index is 0.250. The Morgan fingerprint density at radius 2 is 1.72 bits per heavy atom. The van der Waals surface area contributed by atoms with Crippen LogP contribution >= 0.6 is 34.5 Å². The molecular formula is C13H11Cl2FOS. The summed E-state index contributed by atoms with van der Waals surface area (Å²) < 4.78 is 14.5. The van der Waals surface area contributed by atoms with Crippen LogP contribution < -0.4 is 0 Å². The van der Waals surface area contributed by atoms with Gasteiger partial charge in [0, 0.05) is 5.56 Å². The molecule has 1 atom stereocenters. The van der Waals surface area contributed by atoms with Crippen LogP contribution in [0.4, 0.5) is 4.39 Å². The maximum absolute atomic E-state index is 13.5. The predicted molar refractivity (Wildman–Crippen MR) is 74.3 cm³/mol. The van der Waals surface area contributed by atoms with Crippen molar-refractivity contribution in [3.63, 3.8) is 0 Å². The molecule has 0 radical (unpaired) electrons. The molecule has 0 saturated carbocycles. The maximum Gasteiger partial charge on any atom is 0.129 e. The normalized spacial score (nSPS) is 12.8. The summed E-state index contributed by atoms with van der Waals surface area (Å²) >= 11 is 13.0. The van der Waals surface area contributed by atoms with Gasteiger partial charge in [-0.2, -0.15) is 0 Å². The number of thiophene rings is 1. The van der Waals surface area contributed by atoms with Gasteiger partial charge in [-0.05, 0) is 36.6 Å². The molecule has 2 aromatic rings. The second-order valence-corrected chi connectivity index (χ2v) is 6.44. The zero-order chi connectivity index (χ0) is 13.4. The Morgan fingerprint density at radius 1 is 1.17 bits per heavy atom. The highest BCUT2D eigenvalue weighted by molar-refractivity contribution is 7.20. The first-order valence-electron chi connectivity index (χ1n) is 5.29. The van der Waals surface area contributed by atoms with Gasteiger partial charge in [0.2, 0.25) is 0 Å². The first-order chi connectivity index (χ1) is 8.40. The molecule has 0 saturated heterocycles. The number of rotatable bonds is 2. The van der Waals surface area contributed by atoms with Crippen LogP contribution in [-0.2, 0) is 0 Å². The lowest BCUT2D eigenvalue weighted by atomic mass is 9.99. The molecule has 1 heterocycles. The fourth-order valence-electron chi connectivity index (χ4n) is 1.86. The minimum Gasteiger partial charge on any atom is -0.384 e. The standard InChI is InChI=1S/C13H11Cl2FOS/c1-6-3-8(4-7(2)11(6)16)12(17)9-5-10(14)18-13(9)15/h3-5,12,17H,1-2H3. The van der Waals surface area contributed by atoms with Crippen molar-refractivity contribution in [1.82, 2.24) is 0 Å². The lowest BCUT2D eigenvalue weighted by Gasteiger charge is -2.13. The highest BCUT2D eigenvalue weighted by Crippen LogP contribution is 2.37. The van der Waals surface area contributed by atoms with Crippen LogP contribution in [0.15, 0.2) is 18.2 Å². The molecule has 0 fully saturated rings. The van der Waals surface area contributed by atoms with Crippen LogP contribution in [0, 0.1) is 19.7 Å². The smallest absolute Gasteiger partial charge is 0.129 e. The molecule has 1 N–H and O–H groups in total. The molecule has 18 heavy (non-hydrogen) atoms. The number of aliphatic hydroxyl groups excluding tert-OH is 1. The van der Waals surface area contributed by atoms with E-state index in [1.807, 2.05) is 0 Å². The average molecular weight is 305 g/mol. The average Bonchev–Trinajstić information content (AvgIpc) is 2.63. The molecule has 96 valence electrons. The Morgan fingerprint density at radius 3 is 2.17 bits per heavy atom. The number of hydrogen-bond acceptors (Lipinski definition) is 2. The molecule has 2 rings (SSSR count). The van der Waals surface area contributed by atoms with Gasteiger partial charge in [-0.25, -0.2) is 4.39 Å². The molecule has 0 bridgehead atoms. The van der Waals surface area contributed by atoms with Crippen molar-refractivity contribution in [3.05, 3.63) is 54.9 Å². The summed E-state index contributed by atoms with van der Waals surface area (Å²) in [5, 5.41) is 10.3. The second-order valence-electron chi connectivity index (χ2n) is 4.15. The van der Waals surface area contributed by atoms with Crippen LogP contribution in [0.5, 0.6) is 0 Å². The molecule has 0 aliphatic carbocycles. The van der Waals surface area contributed by atoms with Gasteiger partial charge in [0.15, 0.2) is 0 Å². The van der Waals surface area contributed by atoms with Gasteiger partial charge in [-0.3, -0.25) is 0 Å². The molecule has 1 unspecified atom stereocenters. The van der Waals surface area contributed by atoms with Crippen LogP contribution in [0.1, 0.15) is 28.4 Å². The van der Waals surface area contributed by atoms with Crippen molar-refractivity contribution in [2.75, 3.05) is 0 Å². The summed E-state index contributed by atoms with van der Waals surface area (Å²) in [6, 6.07) is 4.87. The van der Waals surface area contributed by atoms with Crippen molar-refractivity contribution in [2.24, 2.45) is 0 Å². The van der Waals surface area contributed by atoms with Gasteiger partial charge >= 0.3 is 0 Å².